The van der Waals surface area contributed by atoms with Crippen molar-refractivity contribution in [3.63, 3.8) is 0 Å². The van der Waals surface area contributed by atoms with Gasteiger partial charge in [0, 0.05) is 18.6 Å². The molecule has 19 heavy (non-hydrogen) atoms. The molecule has 0 spiro atoms. The Labute approximate surface area is 112 Å². The van der Waals surface area contributed by atoms with E-state index in [4.69, 9.17) is 0 Å². The van der Waals surface area contributed by atoms with Gasteiger partial charge in [0.15, 0.2) is 0 Å². The van der Waals surface area contributed by atoms with Crippen LogP contribution < -0.4 is 0 Å². The molecule has 0 aliphatic heterocycles. The van der Waals surface area contributed by atoms with Gasteiger partial charge < -0.3 is 0 Å². The van der Waals surface area contributed by atoms with Gasteiger partial charge in [-0.25, -0.2) is 0 Å². The quantitative estimate of drug-likeness (QED) is 0.705. The maximum atomic E-state index is 4.51. The van der Waals surface area contributed by atoms with Crippen LogP contribution in [0.1, 0.15) is 22.7 Å². The van der Waals surface area contributed by atoms with Crippen molar-refractivity contribution in [1.82, 2.24) is 9.97 Å². The fourth-order valence-corrected chi connectivity index (χ4v) is 2.28. The summed E-state index contributed by atoms with van der Waals surface area (Å²) in [5, 5.41) is 0. The first-order chi connectivity index (χ1) is 9.45. The lowest BCUT2D eigenvalue weighted by Crippen LogP contribution is -2.05. The molecule has 92 valence electrons. The van der Waals surface area contributed by atoms with Crippen LogP contribution in [0.15, 0.2) is 79.3 Å². The summed E-state index contributed by atoms with van der Waals surface area (Å²) in [6, 6.07) is 20.6. The third-order valence-electron chi connectivity index (χ3n) is 3.16. The Morgan fingerprint density at radius 1 is 0.632 bits per heavy atom. The molecule has 0 fully saturated rings. The molecule has 1 atom stereocenters. The number of nitrogens with zero attached hydrogens (tertiary/aromatic N) is 2. The maximum absolute atomic E-state index is 4.51. The number of aromatic nitrogens is 2. The first-order valence-electron chi connectivity index (χ1n) is 6.31. The van der Waals surface area contributed by atoms with Gasteiger partial charge in [-0.1, -0.05) is 36.4 Å². The highest BCUT2D eigenvalue weighted by Gasteiger charge is 2.16. The summed E-state index contributed by atoms with van der Waals surface area (Å²) in [7, 11) is 0. The van der Waals surface area contributed by atoms with Crippen LogP contribution in [0.3, 0.4) is 0 Å². The van der Waals surface area contributed by atoms with E-state index in [9.17, 15) is 0 Å². The second-order valence-electron chi connectivity index (χ2n) is 4.38. The van der Waals surface area contributed by atoms with Crippen LogP contribution in [0.4, 0.5) is 0 Å². The van der Waals surface area contributed by atoms with Crippen LogP contribution >= 0.6 is 0 Å². The zero-order valence-electron chi connectivity index (χ0n) is 10.5. The van der Waals surface area contributed by atoms with Crippen molar-refractivity contribution >= 4 is 0 Å². The van der Waals surface area contributed by atoms with Crippen LogP contribution in [0.5, 0.6) is 0 Å². The van der Waals surface area contributed by atoms with Crippen molar-refractivity contribution in [2.45, 2.75) is 5.92 Å². The molecule has 0 amide bonds. The van der Waals surface area contributed by atoms with Crippen LogP contribution in [0.25, 0.3) is 0 Å². The molecule has 2 aromatic heterocycles. The normalized spacial score (nSPS) is 12.0. The van der Waals surface area contributed by atoms with Crippen molar-refractivity contribution in [2.24, 2.45) is 0 Å². The Kier molecular flexibility index (Phi) is 3.32. The predicted octanol–water partition coefficient (Wildman–Crippen LogP) is 3.66. The predicted molar refractivity (Wildman–Crippen MR) is 75.9 cm³/mol. The van der Waals surface area contributed by atoms with Gasteiger partial charge in [-0.05, 0) is 35.4 Å². The van der Waals surface area contributed by atoms with E-state index in [0.717, 1.165) is 5.69 Å². The number of rotatable bonds is 3. The molecular weight excluding hydrogens is 232 g/mol. The van der Waals surface area contributed by atoms with E-state index in [1.807, 2.05) is 48.9 Å². The van der Waals surface area contributed by atoms with E-state index in [-0.39, 0.29) is 5.92 Å². The Morgan fingerprint density at radius 2 is 1.32 bits per heavy atom. The van der Waals surface area contributed by atoms with Gasteiger partial charge in [-0.2, -0.15) is 0 Å². The highest BCUT2D eigenvalue weighted by Crippen LogP contribution is 2.29. The van der Waals surface area contributed by atoms with Crippen LogP contribution in [0, 0.1) is 0 Å². The van der Waals surface area contributed by atoms with E-state index in [1.54, 1.807) is 0 Å². The highest BCUT2D eigenvalue weighted by molar-refractivity contribution is 5.39. The van der Waals surface area contributed by atoms with E-state index < -0.39 is 0 Å². The monoisotopic (exact) mass is 246 g/mol. The van der Waals surface area contributed by atoms with Crippen LogP contribution in [0.2, 0.25) is 0 Å². The first-order valence-corrected chi connectivity index (χ1v) is 6.31. The number of benzene rings is 1. The Morgan fingerprint density at radius 3 is 2.00 bits per heavy atom. The minimum Gasteiger partial charge on any atom is -0.265 e. The third kappa shape index (κ3) is 2.52. The van der Waals surface area contributed by atoms with Gasteiger partial charge in [0.1, 0.15) is 0 Å². The Balaban J connectivity index is 2.12. The minimum absolute atomic E-state index is 0.158. The second-order valence-corrected chi connectivity index (χ2v) is 4.38. The van der Waals surface area contributed by atoms with Gasteiger partial charge in [0.05, 0.1) is 11.6 Å². The summed E-state index contributed by atoms with van der Waals surface area (Å²) in [6.45, 7) is 0. The SMILES string of the molecule is c1ccc(C(c2ccncc2)c2ccccn2)cc1. The molecule has 0 radical (unpaired) electrons. The smallest absolute Gasteiger partial charge is 0.0522 e. The third-order valence-corrected chi connectivity index (χ3v) is 3.16. The summed E-state index contributed by atoms with van der Waals surface area (Å²) in [5.74, 6) is 0.158. The number of pyridine rings is 2. The van der Waals surface area contributed by atoms with E-state index in [1.165, 1.54) is 11.1 Å². The van der Waals surface area contributed by atoms with Crippen LogP contribution in [-0.4, -0.2) is 9.97 Å². The molecular formula is C17H14N2. The summed E-state index contributed by atoms with van der Waals surface area (Å²) >= 11 is 0. The lowest BCUT2D eigenvalue weighted by molar-refractivity contribution is 0.914. The summed E-state index contributed by atoms with van der Waals surface area (Å²) in [5.41, 5.74) is 3.51. The van der Waals surface area contributed by atoms with Crippen molar-refractivity contribution in [3.8, 4) is 0 Å². The Bertz CT molecular complexity index is 527. The first kappa shape index (κ1) is 11.6. The lowest BCUT2D eigenvalue weighted by Gasteiger charge is -2.17. The molecule has 0 saturated heterocycles. The van der Waals surface area contributed by atoms with Crippen molar-refractivity contribution in [1.29, 1.82) is 0 Å². The molecule has 2 heterocycles. The zero-order chi connectivity index (χ0) is 12.9. The van der Waals surface area contributed by atoms with Crippen molar-refractivity contribution < 1.29 is 0 Å². The molecule has 0 aliphatic carbocycles. The molecule has 2 nitrogen and oxygen atoms in total. The van der Waals surface area contributed by atoms with Crippen LogP contribution in [-0.2, 0) is 0 Å². The second kappa shape index (κ2) is 5.44. The molecule has 1 unspecified atom stereocenters. The minimum atomic E-state index is 0.158. The average Bonchev–Trinajstić information content (AvgIpc) is 2.51. The standard InChI is InChI=1S/C17H14N2/c1-2-6-14(7-3-1)17(15-9-12-18-13-10-15)16-8-4-5-11-19-16/h1-13,17H. The Hall–Kier alpha value is -2.48. The zero-order valence-corrected chi connectivity index (χ0v) is 10.5. The van der Waals surface area contributed by atoms with Gasteiger partial charge in [0.25, 0.3) is 0 Å². The summed E-state index contributed by atoms with van der Waals surface area (Å²) < 4.78 is 0. The number of hydrogen-bond acceptors (Lipinski definition) is 2. The molecule has 3 aromatic rings. The molecule has 0 saturated carbocycles. The van der Waals surface area contributed by atoms with E-state index in [2.05, 4.69) is 40.3 Å². The van der Waals surface area contributed by atoms with Gasteiger partial charge >= 0.3 is 0 Å². The fraction of sp³-hybridized carbons (Fsp3) is 0.0588. The average molecular weight is 246 g/mol. The fourth-order valence-electron chi connectivity index (χ4n) is 2.28. The van der Waals surface area contributed by atoms with Gasteiger partial charge in [0.2, 0.25) is 0 Å². The molecule has 2 heteroatoms. The van der Waals surface area contributed by atoms with Gasteiger partial charge in [-0.3, -0.25) is 9.97 Å². The summed E-state index contributed by atoms with van der Waals surface area (Å²) in [6.07, 6.45) is 5.49. The topological polar surface area (TPSA) is 25.8 Å². The number of hydrogen-bond donors (Lipinski definition) is 0. The molecule has 0 N–H and O–H groups in total. The van der Waals surface area contributed by atoms with E-state index in [0.29, 0.717) is 0 Å². The molecule has 0 aliphatic rings. The van der Waals surface area contributed by atoms with Crippen molar-refractivity contribution in [3.05, 3.63) is 96.1 Å². The van der Waals surface area contributed by atoms with Crippen molar-refractivity contribution in [2.75, 3.05) is 0 Å². The van der Waals surface area contributed by atoms with E-state index >= 15 is 0 Å². The highest BCUT2D eigenvalue weighted by atomic mass is 14.7. The summed E-state index contributed by atoms with van der Waals surface area (Å²) in [4.78, 5) is 8.61. The van der Waals surface area contributed by atoms with Gasteiger partial charge in [-0.15, -0.1) is 0 Å². The maximum Gasteiger partial charge on any atom is 0.0522 e. The molecule has 0 bridgehead atoms. The molecule has 3 rings (SSSR count). The molecule has 1 aromatic carbocycles. The largest absolute Gasteiger partial charge is 0.265 e. The lowest BCUT2D eigenvalue weighted by atomic mass is 9.89.